The number of hydrogen-bond donors (Lipinski definition) is 1. The molecule has 0 unspecified atom stereocenters. The lowest BCUT2D eigenvalue weighted by molar-refractivity contribution is 0.575. The van der Waals surface area contributed by atoms with E-state index in [1.54, 1.807) is 0 Å². The highest BCUT2D eigenvalue weighted by Gasteiger charge is 2.38. The number of anilines is 1. The fourth-order valence-corrected chi connectivity index (χ4v) is 2.93. The minimum atomic E-state index is 0.612. The van der Waals surface area contributed by atoms with Crippen LogP contribution in [0.2, 0.25) is 0 Å². The molecular formula is C12H18N4. The highest BCUT2D eigenvalue weighted by Crippen LogP contribution is 2.29. The van der Waals surface area contributed by atoms with Gasteiger partial charge in [-0.25, -0.2) is 9.97 Å². The molecule has 2 fully saturated rings. The van der Waals surface area contributed by atoms with Gasteiger partial charge in [0, 0.05) is 37.1 Å². The summed E-state index contributed by atoms with van der Waals surface area (Å²) in [5.74, 6) is 1.72. The summed E-state index contributed by atoms with van der Waals surface area (Å²) in [5, 5.41) is 3.46. The van der Waals surface area contributed by atoms with E-state index in [9.17, 15) is 0 Å². The predicted molar refractivity (Wildman–Crippen MR) is 63.6 cm³/mol. The zero-order valence-corrected chi connectivity index (χ0v) is 9.90. The summed E-state index contributed by atoms with van der Waals surface area (Å²) in [6.45, 7) is 7.43. The van der Waals surface area contributed by atoms with E-state index in [4.69, 9.17) is 0 Å². The molecule has 1 N–H and O–H groups in total. The molecule has 3 rings (SSSR count). The molecule has 2 atom stereocenters. The van der Waals surface area contributed by atoms with Crippen molar-refractivity contribution >= 4 is 5.95 Å². The Balaban J connectivity index is 1.91. The monoisotopic (exact) mass is 218 g/mol. The predicted octanol–water partition coefficient (Wildman–Crippen LogP) is 0.892. The molecule has 2 saturated heterocycles. The number of aryl methyl sites for hydroxylation is 2. The molecule has 0 radical (unpaired) electrons. The Labute approximate surface area is 96.1 Å². The summed E-state index contributed by atoms with van der Waals surface area (Å²) in [6, 6.07) is 2.64. The summed E-state index contributed by atoms with van der Waals surface area (Å²) in [6.07, 6.45) is 1.27. The summed E-state index contributed by atoms with van der Waals surface area (Å²) in [5.41, 5.74) is 2.13. The third-order valence-corrected chi connectivity index (χ3v) is 3.67. The number of aromatic nitrogens is 2. The smallest absolute Gasteiger partial charge is 0.226 e. The van der Waals surface area contributed by atoms with Crippen LogP contribution in [0.1, 0.15) is 17.8 Å². The normalized spacial score (nSPS) is 28.5. The summed E-state index contributed by atoms with van der Waals surface area (Å²) in [7, 11) is 0. The first-order valence-electron chi connectivity index (χ1n) is 6.03. The second-order valence-electron chi connectivity index (χ2n) is 4.92. The Hall–Kier alpha value is -1.16. The van der Waals surface area contributed by atoms with Crippen molar-refractivity contribution < 1.29 is 0 Å². The van der Waals surface area contributed by atoms with Crippen LogP contribution in [0.4, 0.5) is 5.95 Å². The first-order valence-corrected chi connectivity index (χ1v) is 6.03. The Morgan fingerprint density at radius 3 is 2.75 bits per heavy atom. The number of hydrogen-bond acceptors (Lipinski definition) is 4. The SMILES string of the molecule is Cc1cc(C)nc(N2CC[C@H]3CNC[C@H]32)n1. The molecule has 86 valence electrons. The van der Waals surface area contributed by atoms with E-state index in [1.165, 1.54) is 6.42 Å². The Bertz CT molecular complexity index is 384. The molecule has 0 aliphatic carbocycles. The second kappa shape index (κ2) is 3.70. The van der Waals surface area contributed by atoms with E-state index in [-0.39, 0.29) is 0 Å². The van der Waals surface area contributed by atoms with Crippen molar-refractivity contribution in [2.75, 3.05) is 24.5 Å². The maximum Gasteiger partial charge on any atom is 0.226 e. The van der Waals surface area contributed by atoms with Crippen LogP contribution in [0.5, 0.6) is 0 Å². The zero-order chi connectivity index (χ0) is 11.1. The second-order valence-corrected chi connectivity index (χ2v) is 4.92. The molecular weight excluding hydrogens is 200 g/mol. The van der Waals surface area contributed by atoms with E-state index >= 15 is 0 Å². The lowest BCUT2D eigenvalue weighted by Gasteiger charge is -2.23. The summed E-state index contributed by atoms with van der Waals surface area (Å²) < 4.78 is 0. The van der Waals surface area contributed by atoms with Crippen molar-refractivity contribution in [3.63, 3.8) is 0 Å². The van der Waals surface area contributed by atoms with Crippen LogP contribution in [0.3, 0.4) is 0 Å². The highest BCUT2D eigenvalue weighted by molar-refractivity contribution is 5.37. The van der Waals surface area contributed by atoms with Crippen molar-refractivity contribution in [2.45, 2.75) is 26.3 Å². The van der Waals surface area contributed by atoms with Crippen LogP contribution in [0, 0.1) is 19.8 Å². The van der Waals surface area contributed by atoms with Crippen LogP contribution >= 0.6 is 0 Å². The first kappa shape index (κ1) is 10.0. The lowest BCUT2D eigenvalue weighted by atomic mass is 10.1. The van der Waals surface area contributed by atoms with Gasteiger partial charge < -0.3 is 10.2 Å². The zero-order valence-electron chi connectivity index (χ0n) is 9.90. The van der Waals surface area contributed by atoms with E-state index in [1.807, 2.05) is 19.9 Å². The van der Waals surface area contributed by atoms with Crippen molar-refractivity contribution in [1.82, 2.24) is 15.3 Å². The average Bonchev–Trinajstić information content (AvgIpc) is 2.75. The molecule has 2 aliphatic rings. The van der Waals surface area contributed by atoms with E-state index in [2.05, 4.69) is 20.2 Å². The van der Waals surface area contributed by atoms with Gasteiger partial charge in [-0.05, 0) is 32.3 Å². The van der Waals surface area contributed by atoms with Crippen LogP contribution < -0.4 is 10.2 Å². The van der Waals surface area contributed by atoms with Crippen molar-refractivity contribution in [3.05, 3.63) is 17.5 Å². The van der Waals surface area contributed by atoms with Gasteiger partial charge in [-0.1, -0.05) is 0 Å². The standard InChI is InChI=1S/C12H18N4/c1-8-5-9(2)15-12(14-8)16-4-3-10-6-13-7-11(10)16/h5,10-11,13H,3-4,6-7H2,1-2H3/t10-,11+/m0/s1. The van der Waals surface area contributed by atoms with Gasteiger partial charge >= 0.3 is 0 Å². The lowest BCUT2D eigenvalue weighted by Crippen LogP contribution is -2.35. The molecule has 1 aromatic rings. The first-order chi connectivity index (χ1) is 7.74. The molecule has 16 heavy (non-hydrogen) atoms. The van der Waals surface area contributed by atoms with Crippen molar-refractivity contribution in [3.8, 4) is 0 Å². The van der Waals surface area contributed by atoms with E-state index in [0.717, 1.165) is 42.9 Å². The Morgan fingerprint density at radius 2 is 2.00 bits per heavy atom. The van der Waals surface area contributed by atoms with Gasteiger partial charge in [-0.2, -0.15) is 0 Å². The summed E-state index contributed by atoms with van der Waals surface area (Å²) >= 11 is 0. The Morgan fingerprint density at radius 1 is 1.25 bits per heavy atom. The quantitative estimate of drug-likeness (QED) is 0.760. The maximum absolute atomic E-state index is 4.56. The van der Waals surface area contributed by atoms with Crippen LogP contribution in [0.15, 0.2) is 6.07 Å². The minimum absolute atomic E-state index is 0.612. The molecule has 0 spiro atoms. The molecule has 0 amide bonds. The molecule has 3 heterocycles. The van der Waals surface area contributed by atoms with Gasteiger partial charge in [0.15, 0.2) is 0 Å². The van der Waals surface area contributed by atoms with Gasteiger partial charge in [0.05, 0.1) is 0 Å². The van der Waals surface area contributed by atoms with Gasteiger partial charge in [0.1, 0.15) is 0 Å². The van der Waals surface area contributed by atoms with Crippen molar-refractivity contribution in [2.24, 2.45) is 5.92 Å². The van der Waals surface area contributed by atoms with Gasteiger partial charge in [0.2, 0.25) is 5.95 Å². The maximum atomic E-state index is 4.56. The third-order valence-electron chi connectivity index (χ3n) is 3.67. The van der Waals surface area contributed by atoms with Crippen LogP contribution in [0.25, 0.3) is 0 Å². The largest absolute Gasteiger partial charge is 0.336 e. The molecule has 1 aromatic heterocycles. The van der Waals surface area contributed by atoms with Crippen molar-refractivity contribution in [1.29, 1.82) is 0 Å². The topological polar surface area (TPSA) is 41.1 Å². The van der Waals surface area contributed by atoms with Crippen LogP contribution in [-0.4, -0.2) is 35.6 Å². The van der Waals surface area contributed by atoms with E-state index < -0.39 is 0 Å². The van der Waals surface area contributed by atoms with Gasteiger partial charge in [-0.15, -0.1) is 0 Å². The molecule has 4 nitrogen and oxygen atoms in total. The molecule has 0 bridgehead atoms. The Kier molecular flexibility index (Phi) is 2.32. The molecule has 2 aliphatic heterocycles. The molecule has 4 heteroatoms. The number of nitrogens with one attached hydrogen (secondary N) is 1. The number of rotatable bonds is 1. The minimum Gasteiger partial charge on any atom is -0.336 e. The number of nitrogens with zero attached hydrogens (tertiary/aromatic N) is 3. The number of fused-ring (bicyclic) bond motifs is 1. The van der Waals surface area contributed by atoms with Gasteiger partial charge in [0.25, 0.3) is 0 Å². The molecule has 0 aromatic carbocycles. The van der Waals surface area contributed by atoms with E-state index in [0.29, 0.717) is 6.04 Å². The fourth-order valence-electron chi connectivity index (χ4n) is 2.93. The average molecular weight is 218 g/mol. The van der Waals surface area contributed by atoms with Crippen LogP contribution in [-0.2, 0) is 0 Å². The fraction of sp³-hybridized carbons (Fsp3) is 0.667. The highest BCUT2D eigenvalue weighted by atomic mass is 15.3. The van der Waals surface area contributed by atoms with Gasteiger partial charge in [-0.3, -0.25) is 0 Å². The molecule has 0 saturated carbocycles. The third kappa shape index (κ3) is 1.57. The summed E-state index contributed by atoms with van der Waals surface area (Å²) in [4.78, 5) is 11.5.